The number of nitrogens with one attached hydrogen (secondary N) is 1. The summed E-state index contributed by atoms with van der Waals surface area (Å²) in [5.41, 5.74) is 2.38. The molecule has 130 valence electrons. The molecule has 25 heavy (non-hydrogen) atoms. The van der Waals surface area contributed by atoms with Crippen molar-refractivity contribution in [1.29, 1.82) is 0 Å². The van der Waals surface area contributed by atoms with Crippen LogP contribution in [0.25, 0.3) is 0 Å². The minimum absolute atomic E-state index is 0.00533. The first-order chi connectivity index (χ1) is 12.0. The molecule has 0 aromatic heterocycles. The highest BCUT2D eigenvalue weighted by Crippen LogP contribution is 2.37. The maximum Gasteiger partial charge on any atom is 0.235 e. The standard InChI is InChI=1S/C21H24N2O2/c1-16-8-10-19(11-9-16)22-20(25)21(18-6-4-3-5-7-18)12-14-23(15-13-21)17(2)24/h3-11H,12-15H2,1-2H3,(H,22,25). The van der Waals surface area contributed by atoms with Gasteiger partial charge in [-0.15, -0.1) is 0 Å². The van der Waals surface area contributed by atoms with Gasteiger partial charge in [-0.2, -0.15) is 0 Å². The zero-order valence-corrected chi connectivity index (χ0v) is 14.8. The van der Waals surface area contributed by atoms with Gasteiger partial charge < -0.3 is 10.2 Å². The number of hydrogen-bond donors (Lipinski definition) is 1. The zero-order valence-electron chi connectivity index (χ0n) is 14.8. The zero-order chi connectivity index (χ0) is 17.9. The van der Waals surface area contributed by atoms with Crippen LogP contribution in [0.2, 0.25) is 0 Å². The van der Waals surface area contributed by atoms with Gasteiger partial charge in [-0.1, -0.05) is 48.0 Å². The summed E-state index contributed by atoms with van der Waals surface area (Å²) in [6.45, 7) is 4.81. The second-order valence-electron chi connectivity index (χ2n) is 6.77. The van der Waals surface area contributed by atoms with Crippen LogP contribution in [0.15, 0.2) is 54.6 Å². The number of aryl methyl sites for hydroxylation is 1. The Bertz CT molecular complexity index is 745. The molecule has 4 nitrogen and oxygen atoms in total. The summed E-state index contributed by atoms with van der Waals surface area (Å²) >= 11 is 0. The first kappa shape index (κ1) is 17.2. The molecule has 0 bridgehead atoms. The van der Waals surface area contributed by atoms with Crippen molar-refractivity contribution in [2.75, 3.05) is 18.4 Å². The highest BCUT2D eigenvalue weighted by Gasteiger charge is 2.43. The molecule has 4 heteroatoms. The number of nitrogens with zero attached hydrogens (tertiary/aromatic N) is 1. The van der Waals surface area contributed by atoms with Crippen LogP contribution in [0.3, 0.4) is 0 Å². The first-order valence-corrected chi connectivity index (χ1v) is 8.70. The van der Waals surface area contributed by atoms with Crippen LogP contribution in [0.5, 0.6) is 0 Å². The quantitative estimate of drug-likeness (QED) is 0.932. The molecule has 1 heterocycles. The minimum atomic E-state index is -0.599. The van der Waals surface area contributed by atoms with E-state index in [2.05, 4.69) is 5.32 Å². The van der Waals surface area contributed by atoms with Gasteiger partial charge in [0.1, 0.15) is 0 Å². The molecule has 0 spiro atoms. The number of carbonyl (C=O) groups is 2. The summed E-state index contributed by atoms with van der Waals surface area (Å²) in [6.07, 6.45) is 1.27. The van der Waals surface area contributed by atoms with E-state index >= 15 is 0 Å². The smallest absolute Gasteiger partial charge is 0.235 e. The minimum Gasteiger partial charge on any atom is -0.343 e. The fourth-order valence-corrected chi connectivity index (χ4v) is 3.49. The van der Waals surface area contributed by atoms with Gasteiger partial charge in [-0.25, -0.2) is 0 Å². The summed E-state index contributed by atoms with van der Waals surface area (Å²) in [7, 11) is 0. The Hall–Kier alpha value is -2.62. The molecule has 1 fully saturated rings. The number of amides is 2. The number of likely N-dealkylation sites (tertiary alicyclic amines) is 1. The van der Waals surface area contributed by atoms with Gasteiger partial charge in [0.25, 0.3) is 0 Å². The van der Waals surface area contributed by atoms with Crippen LogP contribution in [-0.4, -0.2) is 29.8 Å². The second kappa shape index (κ2) is 7.09. The Kier molecular flexibility index (Phi) is 4.88. The summed E-state index contributed by atoms with van der Waals surface area (Å²) in [4.78, 5) is 26.7. The van der Waals surface area contributed by atoms with Gasteiger partial charge in [0, 0.05) is 25.7 Å². The van der Waals surface area contributed by atoms with E-state index < -0.39 is 5.41 Å². The van der Waals surface area contributed by atoms with E-state index in [9.17, 15) is 9.59 Å². The van der Waals surface area contributed by atoms with Crippen molar-refractivity contribution >= 4 is 17.5 Å². The van der Waals surface area contributed by atoms with Gasteiger partial charge >= 0.3 is 0 Å². The lowest BCUT2D eigenvalue weighted by molar-refractivity contribution is -0.133. The van der Waals surface area contributed by atoms with Crippen LogP contribution in [0.4, 0.5) is 5.69 Å². The third-order valence-electron chi connectivity index (χ3n) is 5.13. The average Bonchev–Trinajstić information content (AvgIpc) is 2.64. The van der Waals surface area contributed by atoms with Crippen molar-refractivity contribution in [2.45, 2.75) is 32.1 Å². The summed E-state index contributed by atoms with van der Waals surface area (Å²) < 4.78 is 0. The summed E-state index contributed by atoms with van der Waals surface area (Å²) in [6, 6.07) is 17.7. The molecule has 0 atom stereocenters. The first-order valence-electron chi connectivity index (χ1n) is 8.70. The number of piperidine rings is 1. The molecule has 0 unspecified atom stereocenters. The van der Waals surface area contributed by atoms with Gasteiger partial charge in [-0.3, -0.25) is 9.59 Å². The van der Waals surface area contributed by atoms with E-state index in [1.807, 2.05) is 66.4 Å². The monoisotopic (exact) mass is 336 g/mol. The van der Waals surface area contributed by atoms with E-state index in [0.29, 0.717) is 25.9 Å². The van der Waals surface area contributed by atoms with Crippen molar-refractivity contribution in [3.8, 4) is 0 Å². The highest BCUT2D eigenvalue weighted by atomic mass is 16.2. The van der Waals surface area contributed by atoms with E-state index in [-0.39, 0.29) is 11.8 Å². The Labute approximate surface area is 148 Å². The molecule has 2 amide bonds. The van der Waals surface area contributed by atoms with Gasteiger partial charge in [-0.05, 0) is 37.5 Å². The topological polar surface area (TPSA) is 49.4 Å². The molecule has 0 aliphatic carbocycles. The van der Waals surface area contributed by atoms with Gasteiger partial charge in [0.15, 0.2) is 0 Å². The maximum absolute atomic E-state index is 13.2. The van der Waals surface area contributed by atoms with Crippen LogP contribution >= 0.6 is 0 Å². The molecular formula is C21H24N2O2. The second-order valence-corrected chi connectivity index (χ2v) is 6.77. The molecule has 3 rings (SSSR count). The molecule has 1 N–H and O–H groups in total. The lowest BCUT2D eigenvalue weighted by Gasteiger charge is -2.40. The molecule has 1 aliphatic heterocycles. The number of hydrogen-bond acceptors (Lipinski definition) is 2. The largest absolute Gasteiger partial charge is 0.343 e. The van der Waals surface area contributed by atoms with Gasteiger partial charge in [0.05, 0.1) is 5.41 Å². The maximum atomic E-state index is 13.2. The van der Waals surface area contributed by atoms with Crippen LogP contribution < -0.4 is 5.32 Å². The van der Waals surface area contributed by atoms with Crippen LogP contribution in [-0.2, 0) is 15.0 Å². The predicted molar refractivity (Wildman–Crippen MR) is 99.4 cm³/mol. The molecule has 1 aliphatic rings. The molecule has 2 aromatic carbocycles. The van der Waals surface area contributed by atoms with Crippen molar-refractivity contribution in [3.05, 3.63) is 65.7 Å². The predicted octanol–water partition coefficient (Wildman–Crippen LogP) is 3.51. The fraction of sp³-hybridized carbons (Fsp3) is 0.333. The Morgan fingerprint density at radius 2 is 1.56 bits per heavy atom. The Morgan fingerprint density at radius 3 is 2.12 bits per heavy atom. The van der Waals surface area contributed by atoms with Crippen LogP contribution in [0.1, 0.15) is 30.9 Å². The van der Waals surface area contributed by atoms with E-state index in [1.165, 1.54) is 0 Å². The van der Waals surface area contributed by atoms with Crippen LogP contribution in [0, 0.1) is 6.92 Å². The lowest BCUT2D eigenvalue weighted by Crippen LogP contribution is -2.50. The molecule has 1 saturated heterocycles. The molecule has 0 radical (unpaired) electrons. The Balaban J connectivity index is 1.88. The number of carbonyl (C=O) groups excluding carboxylic acids is 2. The summed E-state index contributed by atoms with van der Waals surface area (Å²) in [5.74, 6) is 0.0753. The molecular weight excluding hydrogens is 312 g/mol. The van der Waals surface area contributed by atoms with Crippen molar-refractivity contribution in [2.24, 2.45) is 0 Å². The van der Waals surface area contributed by atoms with Crippen molar-refractivity contribution in [3.63, 3.8) is 0 Å². The van der Waals surface area contributed by atoms with Crippen molar-refractivity contribution in [1.82, 2.24) is 4.90 Å². The third kappa shape index (κ3) is 3.58. The van der Waals surface area contributed by atoms with Gasteiger partial charge in [0.2, 0.25) is 11.8 Å². The average molecular weight is 336 g/mol. The van der Waals surface area contributed by atoms with E-state index in [1.54, 1.807) is 6.92 Å². The molecule has 2 aromatic rings. The third-order valence-corrected chi connectivity index (χ3v) is 5.13. The van der Waals surface area contributed by atoms with E-state index in [4.69, 9.17) is 0 Å². The lowest BCUT2D eigenvalue weighted by atomic mass is 9.72. The highest BCUT2D eigenvalue weighted by molar-refractivity contribution is 5.99. The van der Waals surface area contributed by atoms with Crippen molar-refractivity contribution < 1.29 is 9.59 Å². The SMILES string of the molecule is CC(=O)N1CCC(C(=O)Nc2ccc(C)cc2)(c2ccccc2)CC1. The number of benzene rings is 2. The Morgan fingerprint density at radius 1 is 0.960 bits per heavy atom. The fourth-order valence-electron chi connectivity index (χ4n) is 3.49. The van der Waals surface area contributed by atoms with E-state index in [0.717, 1.165) is 16.8 Å². The number of rotatable bonds is 3. The normalized spacial score (nSPS) is 16.3. The summed E-state index contributed by atoms with van der Waals surface area (Å²) in [5, 5.41) is 3.08. The molecule has 0 saturated carbocycles. The number of anilines is 1.